The second kappa shape index (κ2) is 8.19. The molecule has 3 heteroatoms. The van der Waals surface area contributed by atoms with Crippen LogP contribution in [0.15, 0.2) is 134 Å². The van der Waals surface area contributed by atoms with Gasteiger partial charge in [-0.15, -0.1) is 0 Å². The summed E-state index contributed by atoms with van der Waals surface area (Å²) in [6, 6.07) is 43.2. The lowest BCUT2D eigenvalue weighted by molar-refractivity contribution is 1.18. The number of H-pyrrole nitrogens is 1. The van der Waals surface area contributed by atoms with Crippen LogP contribution in [0.3, 0.4) is 0 Å². The molecule has 0 aliphatic rings. The molecule has 8 aromatic rings. The number of pyridine rings is 1. The van der Waals surface area contributed by atoms with Crippen molar-refractivity contribution in [1.29, 1.82) is 0 Å². The van der Waals surface area contributed by atoms with Gasteiger partial charge in [0.2, 0.25) is 0 Å². The van der Waals surface area contributed by atoms with Crippen LogP contribution in [0.25, 0.3) is 71.6 Å². The smallest absolute Gasteiger partial charge is 0.0657 e. The highest BCUT2D eigenvalue weighted by Gasteiger charge is 2.21. The van der Waals surface area contributed by atoms with Gasteiger partial charge >= 0.3 is 0 Å². The van der Waals surface area contributed by atoms with E-state index in [1.54, 1.807) is 0 Å². The number of hydrogen-bond acceptors (Lipinski definition) is 1. The van der Waals surface area contributed by atoms with Crippen LogP contribution >= 0.6 is 0 Å². The maximum Gasteiger partial charge on any atom is 0.0657 e. The largest absolute Gasteiger partial charge is 0.353 e. The quantitative estimate of drug-likeness (QED) is 0.266. The van der Waals surface area contributed by atoms with E-state index < -0.39 is 0 Å². The lowest BCUT2D eigenvalue weighted by Crippen LogP contribution is -1.94. The van der Waals surface area contributed by atoms with Crippen molar-refractivity contribution in [1.82, 2.24) is 14.5 Å². The van der Waals surface area contributed by atoms with Crippen molar-refractivity contribution in [2.75, 3.05) is 0 Å². The zero-order chi connectivity index (χ0) is 25.1. The third kappa shape index (κ3) is 2.99. The molecule has 0 fully saturated rings. The molecule has 0 saturated heterocycles. The third-order valence-corrected chi connectivity index (χ3v) is 7.62. The van der Waals surface area contributed by atoms with Gasteiger partial charge in [0.25, 0.3) is 0 Å². The fourth-order valence-electron chi connectivity index (χ4n) is 6.05. The molecule has 178 valence electrons. The third-order valence-electron chi connectivity index (χ3n) is 7.62. The summed E-state index contributed by atoms with van der Waals surface area (Å²) in [5.41, 5.74) is 10.5. The van der Waals surface area contributed by atoms with Gasteiger partial charge in [-0.25, -0.2) is 0 Å². The van der Waals surface area contributed by atoms with Gasteiger partial charge in [-0.2, -0.15) is 0 Å². The van der Waals surface area contributed by atoms with E-state index in [1.165, 1.54) is 49.3 Å². The van der Waals surface area contributed by atoms with E-state index in [-0.39, 0.29) is 0 Å². The molecule has 1 N–H and O–H groups in total. The summed E-state index contributed by atoms with van der Waals surface area (Å²) in [7, 11) is 0. The van der Waals surface area contributed by atoms with Crippen LogP contribution in [-0.2, 0) is 0 Å². The monoisotopic (exact) mass is 485 g/mol. The lowest BCUT2D eigenvalue weighted by atomic mass is 9.89. The molecule has 0 amide bonds. The Morgan fingerprint density at radius 2 is 1.21 bits per heavy atom. The summed E-state index contributed by atoms with van der Waals surface area (Å²) < 4.78 is 2.38. The zero-order valence-corrected chi connectivity index (χ0v) is 20.6. The van der Waals surface area contributed by atoms with Crippen molar-refractivity contribution < 1.29 is 0 Å². The average molecular weight is 486 g/mol. The van der Waals surface area contributed by atoms with E-state index in [9.17, 15) is 0 Å². The topological polar surface area (TPSA) is 33.6 Å². The van der Waals surface area contributed by atoms with Crippen LogP contribution in [0.1, 0.15) is 0 Å². The van der Waals surface area contributed by atoms with E-state index in [0.717, 1.165) is 22.3 Å². The maximum absolute atomic E-state index is 4.68. The Bertz CT molecular complexity index is 2120. The molecule has 3 heterocycles. The minimum absolute atomic E-state index is 1.05. The van der Waals surface area contributed by atoms with Gasteiger partial charge in [0.05, 0.1) is 22.7 Å². The molecule has 3 aromatic heterocycles. The first-order valence-electron chi connectivity index (χ1n) is 12.9. The molecule has 5 aromatic carbocycles. The van der Waals surface area contributed by atoms with E-state index >= 15 is 0 Å². The number of fused-ring (bicyclic) bond motifs is 6. The first kappa shape index (κ1) is 21.0. The number of benzene rings is 5. The first-order chi connectivity index (χ1) is 18.9. The molecule has 0 spiro atoms. The number of nitrogens with zero attached hydrogens (tertiary/aromatic N) is 2. The Hall–Kier alpha value is -5.15. The SMILES string of the molecule is c1ccc(-c2c(-c3cncc4[nH]c5ccccc5c34)ccc3c2c2ccccc2n3-c2ccccc2)cc1. The minimum Gasteiger partial charge on any atom is -0.353 e. The summed E-state index contributed by atoms with van der Waals surface area (Å²) in [6.45, 7) is 0. The molecule has 0 radical (unpaired) electrons. The van der Waals surface area contributed by atoms with Crippen molar-refractivity contribution >= 4 is 43.6 Å². The highest BCUT2D eigenvalue weighted by molar-refractivity contribution is 6.21. The van der Waals surface area contributed by atoms with Crippen molar-refractivity contribution in [2.45, 2.75) is 0 Å². The van der Waals surface area contributed by atoms with Crippen molar-refractivity contribution in [3.8, 4) is 27.9 Å². The van der Waals surface area contributed by atoms with E-state index in [2.05, 4.69) is 136 Å². The first-order valence-corrected chi connectivity index (χ1v) is 12.9. The van der Waals surface area contributed by atoms with Gasteiger partial charge in [-0.05, 0) is 47.0 Å². The maximum atomic E-state index is 4.68. The van der Waals surface area contributed by atoms with Gasteiger partial charge in [0.15, 0.2) is 0 Å². The van der Waals surface area contributed by atoms with E-state index in [0.29, 0.717) is 0 Å². The Labute approximate surface area is 219 Å². The van der Waals surface area contributed by atoms with Gasteiger partial charge in [-0.3, -0.25) is 4.98 Å². The predicted octanol–water partition coefficient (Wildman–Crippen LogP) is 9.15. The second-order valence-electron chi connectivity index (χ2n) is 9.72. The van der Waals surface area contributed by atoms with Crippen molar-refractivity contribution in [3.63, 3.8) is 0 Å². The highest BCUT2D eigenvalue weighted by Crippen LogP contribution is 2.45. The van der Waals surface area contributed by atoms with Crippen LogP contribution in [0.2, 0.25) is 0 Å². The van der Waals surface area contributed by atoms with Gasteiger partial charge in [0.1, 0.15) is 0 Å². The van der Waals surface area contributed by atoms with Crippen LogP contribution in [0, 0.1) is 0 Å². The van der Waals surface area contributed by atoms with Crippen LogP contribution in [0.5, 0.6) is 0 Å². The normalized spacial score (nSPS) is 11.7. The summed E-state index contributed by atoms with van der Waals surface area (Å²) in [6.07, 6.45) is 3.95. The average Bonchev–Trinajstić information content (AvgIpc) is 3.53. The second-order valence-corrected chi connectivity index (χ2v) is 9.72. The minimum atomic E-state index is 1.05. The number of aromatic amines is 1. The molecule has 3 nitrogen and oxygen atoms in total. The van der Waals surface area contributed by atoms with Crippen molar-refractivity contribution in [3.05, 3.63) is 134 Å². The number of rotatable bonds is 3. The number of nitrogens with one attached hydrogen (secondary N) is 1. The Morgan fingerprint density at radius 1 is 0.500 bits per heavy atom. The zero-order valence-electron chi connectivity index (χ0n) is 20.6. The molecule has 0 aliphatic carbocycles. The molecule has 0 saturated carbocycles. The van der Waals surface area contributed by atoms with E-state index in [4.69, 9.17) is 0 Å². The van der Waals surface area contributed by atoms with Crippen molar-refractivity contribution in [2.24, 2.45) is 0 Å². The fraction of sp³-hybridized carbons (Fsp3) is 0. The van der Waals surface area contributed by atoms with E-state index in [1.807, 2.05) is 12.4 Å². The molecule has 8 rings (SSSR count). The van der Waals surface area contributed by atoms with Crippen LogP contribution in [-0.4, -0.2) is 14.5 Å². The van der Waals surface area contributed by atoms with Gasteiger partial charge in [0, 0.05) is 44.5 Å². The summed E-state index contributed by atoms with van der Waals surface area (Å²) in [4.78, 5) is 8.25. The summed E-state index contributed by atoms with van der Waals surface area (Å²) >= 11 is 0. The lowest BCUT2D eigenvalue weighted by Gasteiger charge is -2.15. The fourth-order valence-corrected chi connectivity index (χ4v) is 6.05. The molecule has 0 unspecified atom stereocenters. The van der Waals surface area contributed by atoms with Gasteiger partial charge < -0.3 is 9.55 Å². The summed E-state index contributed by atoms with van der Waals surface area (Å²) in [5, 5.41) is 4.92. The molecule has 0 bridgehead atoms. The molecular formula is C35H23N3. The van der Waals surface area contributed by atoms with Gasteiger partial charge in [-0.1, -0.05) is 91.0 Å². The number of aromatic nitrogens is 3. The number of hydrogen-bond donors (Lipinski definition) is 1. The standard InChI is InChI=1S/C35H23N3/c1-3-11-23(12-4-1)33-25(28-21-36-22-30-34(28)26-15-7-9-17-29(26)37-30)19-20-32-35(33)27-16-8-10-18-31(27)38(32)24-13-5-2-6-14-24/h1-22,37H. The molecular weight excluding hydrogens is 462 g/mol. The Balaban J connectivity index is 1.57. The highest BCUT2D eigenvalue weighted by atomic mass is 15.0. The Kier molecular flexibility index (Phi) is 4.52. The van der Waals surface area contributed by atoms with Crippen LogP contribution < -0.4 is 0 Å². The van der Waals surface area contributed by atoms with Crippen LogP contribution in [0.4, 0.5) is 0 Å². The molecule has 38 heavy (non-hydrogen) atoms. The summed E-state index contributed by atoms with van der Waals surface area (Å²) in [5.74, 6) is 0. The number of para-hydroxylation sites is 3. The Morgan fingerprint density at radius 3 is 2.05 bits per heavy atom. The molecule has 0 aliphatic heterocycles. The molecule has 0 atom stereocenters. The predicted molar refractivity (Wildman–Crippen MR) is 159 cm³/mol.